The molecule has 0 radical (unpaired) electrons. The van der Waals surface area contributed by atoms with Crippen LogP contribution in [0, 0.1) is 0 Å². The van der Waals surface area contributed by atoms with E-state index in [1.807, 2.05) is 0 Å². The summed E-state index contributed by atoms with van der Waals surface area (Å²) >= 11 is 0. The summed E-state index contributed by atoms with van der Waals surface area (Å²) in [5.41, 5.74) is 4.88. The molecule has 1 aliphatic heterocycles. The maximum absolute atomic E-state index is 3.85. The van der Waals surface area contributed by atoms with Gasteiger partial charge in [-0.1, -0.05) is 73.9 Å². The van der Waals surface area contributed by atoms with Crippen molar-refractivity contribution in [2.75, 3.05) is 6.54 Å². The second-order valence-corrected chi connectivity index (χ2v) is 6.65. The maximum Gasteiger partial charge on any atom is 0.0579 e. The summed E-state index contributed by atoms with van der Waals surface area (Å²) in [6.07, 6.45) is 6.86. The van der Waals surface area contributed by atoms with Crippen LogP contribution in [0.2, 0.25) is 0 Å². The molecule has 0 bridgehead atoms. The van der Waals surface area contributed by atoms with Gasteiger partial charge in [-0.05, 0) is 29.5 Å². The minimum atomic E-state index is 0.356. The first-order valence-corrected chi connectivity index (χ1v) is 8.27. The highest BCUT2D eigenvalue weighted by Gasteiger charge is 2.40. The summed E-state index contributed by atoms with van der Waals surface area (Å²) in [5, 5.41) is 3.85. The molecule has 1 saturated carbocycles. The van der Waals surface area contributed by atoms with Gasteiger partial charge >= 0.3 is 0 Å². The lowest BCUT2D eigenvalue weighted by atomic mass is 9.65. The third-order valence-electron chi connectivity index (χ3n) is 5.43. The van der Waals surface area contributed by atoms with Gasteiger partial charge in [-0.2, -0.15) is 0 Å². The Labute approximate surface area is 127 Å². The first-order chi connectivity index (χ1) is 10.4. The Morgan fingerprint density at radius 1 is 0.810 bits per heavy atom. The van der Waals surface area contributed by atoms with E-state index in [1.54, 1.807) is 5.56 Å². The molecule has 1 nitrogen and oxygen atoms in total. The van der Waals surface area contributed by atoms with Crippen molar-refractivity contribution in [3.63, 3.8) is 0 Å². The lowest BCUT2D eigenvalue weighted by Gasteiger charge is -2.45. The fraction of sp³-hybridized carbons (Fsp3) is 0.400. The van der Waals surface area contributed by atoms with Crippen molar-refractivity contribution in [2.24, 2.45) is 0 Å². The van der Waals surface area contributed by atoms with E-state index < -0.39 is 0 Å². The third kappa shape index (κ3) is 2.20. The average molecular weight is 277 g/mol. The molecule has 1 aliphatic carbocycles. The van der Waals surface area contributed by atoms with Crippen LogP contribution in [0.1, 0.15) is 54.8 Å². The average Bonchev–Trinajstić information content (AvgIpc) is 2.57. The fourth-order valence-electron chi connectivity index (χ4n) is 4.35. The van der Waals surface area contributed by atoms with Gasteiger partial charge in [0.25, 0.3) is 0 Å². The van der Waals surface area contributed by atoms with E-state index in [2.05, 4.69) is 59.9 Å². The molecule has 1 fully saturated rings. The van der Waals surface area contributed by atoms with Crippen LogP contribution < -0.4 is 5.32 Å². The van der Waals surface area contributed by atoms with E-state index in [0.29, 0.717) is 11.5 Å². The molecule has 1 N–H and O–H groups in total. The molecule has 2 aromatic rings. The standard InChI is InChI=1S/C20H23N/c1-3-9-16(10-4-1)19-17-11-5-6-12-18(17)20(15-21-19)13-7-2-8-14-20/h1,3-6,9-12,19,21H,2,7-8,13-15H2. The summed E-state index contributed by atoms with van der Waals surface area (Å²) < 4.78 is 0. The molecule has 0 saturated heterocycles. The van der Waals surface area contributed by atoms with Gasteiger partial charge < -0.3 is 5.32 Å². The molecule has 108 valence electrons. The Bertz CT molecular complexity index is 611. The predicted molar refractivity (Wildman–Crippen MR) is 87.5 cm³/mol. The highest BCUT2D eigenvalue weighted by molar-refractivity contribution is 5.44. The Morgan fingerprint density at radius 3 is 2.33 bits per heavy atom. The smallest absolute Gasteiger partial charge is 0.0579 e. The number of fused-ring (bicyclic) bond motifs is 2. The zero-order chi connectivity index (χ0) is 14.1. The second-order valence-electron chi connectivity index (χ2n) is 6.65. The minimum absolute atomic E-state index is 0.356. The van der Waals surface area contributed by atoms with Gasteiger partial charge in [-0.3, -0.25) is 0 Å². The summed E-state index contributed by atoms with van der Waals surface area (Å²) in [6.45, 7) is 1.13. The van der Waals surface area contributed by atoms with E-state index in [0.717, 1.165) is 6.54 Å². The zero-order valence-corrected chi connectivity index (χ0v) is 12.5. The molecule has 1 heterocycles. The zero-order valence-electron chi connectivity index (χ0n) is 12.5. The van der Waals surface area contributed by atoms with Gasteiger partial charge in [0.1, 0.15) is 0 Å². The van der Waals surface area contributed by atoms with Crippen LogP contribution in [0.25, 0.3) is 0 Å². The molecular formula is C20H23N. The molecule has 1 unspecified atom stereocenters. The van der Waals surface area contributed by atoms with Gasteiger partial charge in [0.2, 0.25) is 0 Å². The second kappa shape index (κ2) is 5.31. The molecule has 0 amide bonds. The van der Waals surface area contributed by atoms with E-state index in [1.165, 1.54) is 43.2 Å². The van der Waals surface area contributed by atoms with Crippen molar-refractivity contribution in [3.05, 3.63) is 71.3 Å². The highest BCUT2D eigenvalue weighted by Crippen LogP contribution is 2.45. The quantitative estimate of drug-likeness (QED) is 0.804. The van der Waals surface area contributed by atoms with Crippen LogP contribution in [0.15, 0.2) is 54.6 Å². The van der Waals surface area contributed by atoms with E-state index in [4.69, 9.17) is 0 Å². The topological polar surface area (TPSA) is 12.0 Å². The molecule has 0 aromatic heterocycles. The number of benzene rings is 2. The molecular weight excluding hydrogens is 254 g/mol. The van der Waals surface area contributed by atoms with Gasteiger partial charge in [0.15, 0.2) is 0 Å². The van der Waals surface area contributed by atoms with Crippen LogP contribution in [-0.2, 0) is 5.41 Å². The maximum atomic E-state index is 3.85. The van der Waals surface area contributed by atoms with Crippen molar-refractivity contribution in [1.82, 2.24) is 5.32 Å². The first-order valence-electron chi connectivity index (χ1n) is 8.27. The van der Waals surface area contributed by atoms with Crippen molar-refractivity contribution in [3.8, 4) is 0 Å². The Balaban J connectivity index is 1.79. The minimum Gasteiger partial charge on any atom is -0.305 e. The Kier molecular flexibility index (Phi) is 3.31. The molecule has 1 atom stereocenters. The van der Waals surface area contributed by atoms with Gasteiger partial charge in [0.05, 0.1) is 6.04 Å². The predicted octanol–water partition coefficient (Wildman–Crippen LogP) is 4.58. The molecule has 1 spiro atoms. The fourth-order valence-corrected chi connectivity index (χ4v) is 4.35. The Hall–Kier alpha value is -1.60. The summed E-state index contributed by atoms with van der Waals surface area (Å²) in [6, 6.07) is 20.4. The monoisotopic (exact) mass is 277 g/mol. The SMILES string of the molecule is c1ccc(C2NCC3(CCCCC3)c3ccccc32)cc1. The lowest BCUT2D eigenvalue weighted by Crippen LogP contribution is -2.46. The number of nitrogens with one attached hydrogen (secondary N) is 1. The molecule has 2 aliphatic rings. The van der Waals surface area contributed by atoms with Crippen molar-refractivity contribution in [1.29, 1.82) is 0 Å². The molecule has 4 rings (SSSR count). The highest BCUT2D eigenvalue weighted by atomic mass is 14.9. The van der Waals surface area contributed by atoms with Gasteiger partial charge in [0, 0.05) is 12.0 Å². The van der Waals surface area contributed by atoms with Crippen LogP contribution in [-0.4, -0.2) is 6.54 Å². The van der Waals surface area contributed by atoms with E-state index in [-0.39, 0.29) is 0 Å². The van der Waals surface area contributed by atoms with Crippen molar-refractivity contribution < 1.29 is 0 Å². The van der Waals surface area contributed by atoms with Crippen LogP contribution in [0.3, 0.4) is 0 Å². The van der Waals surface area contributed by atoms with E-state index in [9.17, 15) is 0 Å². The Morgan fingerprint density at radius 2 is 1.52 bits per heavy atom. The third-order valence-corrected chi connectivity index (χ3v) is 5.43. The van der Waals surface area contributed by atoms with Crippen LogP contribution in [0.5, 0.6) is 0 Å². The summed E-state index contributed by atoms with van der Waals surface area (Å²) in [4.78, 5) is 0. The van der Waals surface area contributed by atoms with Gasteiger partial charge in [-0.15, -0.1) is 0 Å². The van der Waals surface area contributed by atoms with Crippen molar-refractivity contribution in [2.45, 2.75) is 43.6 Å². The normalized spacial score (nSPS) is 23.7. The largest absolute Gasteiger partial charge is 0.305 e. The first kappa shape index (κ1) is 13.1. The summed E-state index contributed by atoms with van der Waals surface area (Å²) in [5.74, 6) is 0. The van der Waals surface area contributed by atoms with E-state index >= 15 is 0 Å². The summed E-state index contributed by atoms with van der Waals surface area (Å²) in [7, 11) is 0. The molecule has 1 heteroatoms. The number of hydrogen-bond donors (Lipinski definition) is 1. The van der Waals surface area contributed by atoms with Crippen molar-refractivity contribution >= 4 is 0 Å². The lowest BCUT2D eigenvalue weighted by molar-refractivity contribution is 0.256. The molecule has 2 aromatic carbocycles. The van der Waals surface area contributed by atoms with Crippen LogP contribution in [0.4, 0.5) is 0 Å². The number of hydrogen-bond acceptors (Lipinski definition) is 1. The van der Waals surface area contributed by atoms with Crippen LogP contribution >= 0.6 is 0 Å². The molecule has 21 heavy (non-hydrogen) atoms. The number of rotatable bonds is 1. The van der Waals surface area contributed by atoms with Gasteiger partial charge in [-0.25, -0.2) is 0 Å².